The summed E-state index contributed by atoms with van der Waals surface area (Å²) < 4.78 is 38.6. The van der Waals surface area contributed by atoms with E-state index in [-0.39, 0.29) is 26.4 Å². The highest BCUT2D eigenvalue weighted by Gasteiger charge is 2.24. The minimum Gasteiger partial charge on any atom is -0.508 e. The summed E-state index contributed by atoms with van der Waals surface area (Å²) in [5.74, 6) is 2.48. The fourth-order valence-corrected chi connectivity index (χ4v) is 6.91. The third-order valence-corrected chi connectivity index (χ3v) is 10.6. The Kier molecular flexibility index (Phi) is 9.10. The van der Waals surface area contributed by atoms with E-state index >= 15 is 0 Å². The Morgan fingerprint density at radius 2 is 0.735 bits per heavy atom. The number of benzene rings is 6. The summed E-state index contributed by atoms with van der Waals surface area (Å²) in [6.45, 7) is 11.1. The maximum atomic E-state index is 13.5. The molecule has 0 atom stereocenters. The van der Waals surface area contributed by atoms with Crippen molar-refractivity contribution >= 4 is 9.84 Å². The molecule has 0 bridgehead atoms. The van der Waals surface area contributed by atoms with Gasteiger partial charge in [-0.1, -0.05) is 95.3 Å². The van der Waals surface area contributed by atoms with Crippen LogP contribution in [-0.4, -0.2) is 13.5 Å². The van der Waals surface area contributed by atoms with Crippen molar-refractivity contribution in [1.82, 2.24) is 0 Å². The SMILES string of the molecule is CC(C)(C)c1ccc(C(C)(C)c2ccc(-c3ccc(S(=O)(=O)c4ccc(Oc5ccc(Oc6ccc(O)cc6)cc5)cc4)cc3)cc2)cc1. The number of aromatic hydroxyl groups is 1. The first-order valence-corrected chi connectivity index (χ1v) is 17.7. The molecule has 0 aliphatic heterocycles. The van der Waals surface area contributed by atoms with Gasteiger partial charge in [-0.25, -0.2) is 8.42 Å². The lowest BCUT2D eigenvalue weighted by molar-refractivity contribution is 0.461. The average molecular weight is 669 g/mol. The van der Waals surface area contributed by atoms with Crippen LogP contribution in [0.15, 0.2) is 155 Å². The predicted molar refractivity (Wildman–Crippen MR) is 196 cm³/mol. The van der Waals surface area contributed by atoms with Crippen molar-refractivity contribution in [1.29, 1.82) is 0 Å². The van der Waals surface area contributed by atoms with Crippen LogP contribution >= 0.6 is 0 Å². The van der Waals surface area contributed by atoms with Gasteiger partial charge in [0.15, 0.2) is 0 Å². The summed E-state index contributed by atoms with van der Waals surface area (Å²) in [4.78, 5) is 0.415. The van der Waals surface area contributed by atoms with Gasteiger partial charge in [-0.2, -0.15) is 0 Å². The maximum Gasteiger partial charge on any atom is 0.206 e. The number of hydrogen-bond acceptors (Lipinski definition) is 5. The minimum atomic E-state index is -3.72. The lowest BCUT2D eigenvalue weighted by atomic mass is 9.76. The Morgan fingerprint density at radius 3 is 1.14 bits per heavy atom. The van der Waals surface area contributed by atoms with Crippen molar-refractivity contribution in [2.75, 3.05) is 0 Å². The number of ether oxygens (including phenoxy) is 2. The van der Waals surface area contributed by atoms with Crippen LogP contribution in [0.5, 0.6) is 28.7 Å². The van der Waals surface area contributed by atoms with Crippen molar-refractivity contribution in [2.45, 2.75) is 55.2 Å². The highest BCUT2D eigenvalue weighted by molar-refractivity contribution is 7.91. The molecule has 6 aromatic carbocycles. The molecular formula is C43H40O5S. The number of phenols is 1. The van der Waals surface area contributed by atoms with E-state index in [0.717, 1.165) is 11.1 Å². The van der Waals surface area contributed by atoms with Crippen LogP contribution in [0.3, 0.4) is 0 Å². The largest absolute Gasteiger partial charge is 0.508 e. The molecule has 0 aromatic heterocycles. The Labute approximate surface area is 289 Å². The summed E-state index contributed by atoms with van der Waals surface area (Å²) >= 11 is 0. The van der Waals surface area contributed by atoms with E-state index < -0.39 is 9.84 Å². The quantitative estimate of drug-likeness (QED) is 0.166. The van der Waals surface area contributed by atoms with Crippen LogP contribution in [0, 0.1) is 0 Å². The van der Waals surface area contributed by atoms with Gasteiger partial charge in [0.1, 0.15) is 28.7 Å². The minimum absolute atomic E-state index is 0.113. The third kappa shape index (κ3) is 7.55. The molecule has 49 heavy (non-hydrogen) atoms. The van der Waals surface area contributed by atoms with Crippen LogP contribution in [0.25, 0.3) is 11.1 Å². The van der Waals surface area contributed by atoms with Crippen molar-refractivity contribution < 1.29 is 23.0 Å². The molecular weight excluding hydrogens is 629 g/mol. The molecule has 0 saturated carbocycles. The Hall–Kier alpha value is -5.33. The zero-order chi connectivity index (χ0) is 34.8. The van der Waals surface area contributed by atoms with E-state index in [9.17, 15) is 13.5 Å². The Morgan fingerprint density at radius 1 is 0.429 bits per heavy atom. The zero-order valence-electron chi connectivity index (χ0n) is 28.3. The number of rotatable bonds is 9. The van der Waals surface area contributed by atoms with Gasteiger partial charge >= 0.3 is 0 Å². The smallest absolute Gasteiger partial charge is 0.206 e. The van der Waals surface area contributed by atoms with E-state index in [1.807, 2.05) is 12.1 Å². The third-order valence-electron chi connectivity index (χ3n) is 8.84. The van der Waals surface area contributed by atoms with E-state index in [1.165, 1.54) is 16.7 Å². The molecule has 6 rings (SSSR count). The Bertz CT molecular complexity index is 2120. The molecule has 0 heterocycles. The van der Waals surface area contributed by atoms with Crippen LogP contribution in [0.1, 0.15) is 51.3 Å². The van der Waals surface area contributed by atoms with E-state index in [1.54, 1.807) is 84.9 Å². The summed E-state index contributed by atoms with van der Waals surface area (Å²) in [6, 6.07) is 44.4. The van der Waals surface area contributed by atoms with Crippen LogP contribution in [0.2, 0.25) is 0 Å². The summed E-state index contributed by atoms with van der Waals surface area (Å²) in [6.07, 6.45) is 0. The van der Waals surface area contributed by atoms with Crippen LogP contribution < -0.4 is 9.47 Å². The van der Waals surface area contributed by atoms with Crippen molar-refractivity contribution in [3.8, 4) is 39.9 Å². The first-order chi connectivity index (χ1) is 23.3. The molecule has 248 valence electrons. The molecule has 1 N–H and O–H groups in total. The van der Waals surface area contributed by atoms with Crippen molar-refractivity contribution in [3.63, 3.8) is 0 Å². The number of hydrogen-bond donors (Lipinski definition) is 1. The molecule has 0 fully saturated rings. The maximum absolute atomic E-state index is 13.5. The molecule has 0 saturated heterocycles. The molecule has 0 aliphatic carbocycles. The second kappa shape index (κ2) is 13.3. The molecule has 6 heteroatoms. The van der Waals surface area contributed by atoms with Crippen molar-refractivity contribution in [3.05, 3.63) is 162 Å². The van der Waals surface area contributed by atoms with Gasteiger partial charge in [0.05, 0.1) is 9.79 Å². The first kappa shape index (κ1) is 33.6. The monoisotopic (exact) mass is 668 g/mol. The van der Waals surface area contributed by atoms with Gasteiger partial charge in [-0.3, -0.25) is 0 Å². The average Bonchev–Trinajstić information content (AvgIpc) is 3.10. The highest BCUT2D eigenvalue weighted by Crippen LogP contribution is 2.35. The van der Waals surface area contributed by atoms with Gasteiger partial charge in [0.2, 0.25) is 9.84 Å². The Balaban J connectivity index is 1.10. The molecule has 5 nitrogen and oxygen atoms in total. The van der Waals surface area contributed by atoms with E-state index in [0.29, 0.717) is 23.0 Å². The normalized spacial score (nSPS) is 12.0. The van der Waals surface area contributed by atoms with Gasteiger partial charge in [0.25, 0.3) is 0 Å². The van der Waals surface area contributed by atoms with Crippen LogP contribution in [-0.2, 0) is 20.7 Å². The first-order valence-electron chi connectivity index (χ1n) is 16.2. The molecule has 0 amide bonds. The lowest BCUT2D eigenvalue weighted by Crippen LogP contribution is -2.19. The van der Waals surface area contributed by atoms with Crippen molar-refractivity contribution in [2.24, 2.45) is 0 Å². The predicted octanol–water partition coefficient (Wildman–Crippen LogP) is 11.1. The fourth-order valence-electron chi connectivity index (χ4n) is 5.64. The molecule has 0 radical (unpaired) electrons. The lowest BCUT2D eigenvalue weighted by Gasteiger charge is -2.28. The summed E-state index contributed by atoms with van der Waals surface area (Å²) in [5, 5.41) is 9.43. The summed E-state index contributed by atoms with van der Waals surface area (Å²) in [7, 11) is -3.72. The standard InChI is InChI=1S/C43H40O5S/c1-42(2,3)32-12-14-34(15-13-32)43(4,5)33-10-6-30(7-11-33)31-8-26-40(27-9-31)49(45,46)41-28-24-39(25-29-41)48-38-22-20-37(21-23-38)47-36-18-16-35(44)17-19-36/h6-29,44H,1-5H3. The molecule has 0 spiro atoms. The second-order valence-electron chi connectivity index (χ2n) is 13.7. The second-order valence-corrected chi connectivity index (χ2v) is 15.6. The molecule has 0 aliphatic rings. The topological polar surface area (TPSA) is 72.8 Å². The number of sulfone groups is 1. The van der Waals surface area contributed by atoms with Crippen LogP contribution in [0.4, 0.5) is 0 Å². The van der Waals surface area contributed by atoms with E-state index in [4.69, 9.17) is 9.47 Å². The summed E-state index contributed by atoms with van der Waals surface area (Å²) in [5.41, 5.74) is 5.70. The van der Waals surface area contributed by atoms with Gasteiger partial charge in [0, 0.05) is 5.41 Å². The zero-order valence-corrected chi connectivity index (χ0v) is 29.2. The number of phenolic OH excluding ortho intramolecular Hbond substituents is 1. The van der Waals surface area contributed by atoms with Gasteiger partial charge < -0.3 is 14.6 Å². The molecule has 6 aromatic rings. The molecule has 0 unspecified atom stereocenters. The fraction of sp³-hybridized carbons (Fsp3) is 0.163. The van der Waals surface area contributed by atoms with Gasteiger partial charge in [-0.05, 0) is 118 Å². The highest BCUT2D eigenvalue weighted by atomic mass is 32.2. The van der Waals surface area contributed by atoms with Gasteiger partial charge in [-0.15, -0.1) is 0 Å². The van der Waals surface area contributed by atoms with E-state index in [2.05, 4.69) is 83.1 Å².